The number of aliphatic hydroxyl groups excluding tert-OH is 2. The lowest BCUT2D eigenvalue weighted by Crippen LogP contribution is -2.69. The average Bonchev–Trinajstić information content (AvgIpc) is 2.86. The van der Waals surface area contributed by atoms with Crippen molar-refractivity contribution in [1.29, 1.82) is 0 Å². The van der Waals surface area contributed by atoms with Crippen molar-refractivity contribution in [3.8, 4) is 0 Å². The number of esters is 3. The summed E-state index contributed by atoms with van der Waals surface area (Å²) < 4.78 is 38.2. The molecule has 1 amide bonds. The summed E-state index contributed by atoms with van der Waals surface area (Å²) in [5, 5.41) is 33.1. The second-order valence-electron chi connectivity index (χ2n) is 9.21. The summed E-state index contributed by atoms with van der Waals surface area (Å²) >= 11 is 0. The SMILES string of the molecule is CC(=O)N[C@H]1[C@@H](OCCCC=O)O[C@H](CO)[C@@H](O)[C@@H]1O[C@@H]1O[C@H](C(=O)O)[C@@H](OC(C)=O)[C@H](OC(C)=O)[C@H]1OC(C)=O. The van der Waals surface area contributed by atoms with Crippen LogP contribution in [-0.4, -0.2) is 126 Å². The third-order valence-corrected chi connectivity index (χ3v) is 5.91. The van der Waals surface area contributed by atoms with Crippen LogP contribution in [-0.2, 0) is 61.9 Å². The van der Waals surface area contributed by atoms with Crippen molar-refractivity contribution in [3.63, 3.8) is 0 Å². The fourth-order valence-corrected chi connectivity index (χ4v) is 4.36. The van der Waals surface area contributed by atoms with Crippen LogP contribution in [0, 0.1) is 0 Å². The van der Waals surface area contributed by atoms with Crippen LogP contribution in [0.1, 0.15) is 40.5 Å². The first-order valence-electron chi connectivity index (χ1n) is 12.6. The van der Waals surface area contributed by atoms with E-state index in [1.165, 1.54) is 0 Å². The molecule has 0 unspecified atom stereocenters. The average molecular weight is 594 g/mol. The van der Waals surface area contributed by atoms with Crippen LogP contribution in [0.15, 0.2) is 0 Å². The highest BCUT2D eigenvalue weighted by atomic mass is 16.7. The van der Waals surface area contributed by atoms with Gasteiger partial charge in [-0.1, -0.05) is 0 Å². The number of carbonyl (C=O) groups excluding carboxylic acids is 5. The first-order valence-corrected chi connectivity index (χ1v) is 12.6. The van der Waals surface area contributed by atoms with E-state index in [4.69, 9.17) is 33.2 Å². The monoisotopic (exact) mass is 593 g/mol. The first-order chi connectivity index (χ1) is 19.3. The number of hydrogen-bond acceptors (Lipinski definition) is 15. The number of carbonyl (C=O) groups is 6. The minimum atomic E-state index is -2.01. The minimum absolute atomic E-state index is 0.0316. The van der Waals surface area contributed by atoms with Crippen molar-refractivity contribution in [2.24, 2.45) is 0 Å². The summed E-state index contributed by atoms with van der Waals surface area (Å²) in [5.74, 6) is -5.16. The highest BCUT2D eigenvalue weighted by Crippen LogP contribution is 2.33. The molecule has 4 N–H and O–H groups in total. The number of aliphatic hydroxyl groups is 2. The number of unbranched alkanes of at least 4 members (excludes halogenated alkanes) is 1. The Morgan fingerprint density at radius 1 is 0.854 bits per heavy atom. The number of rotatable bonds is 13. The number of amides is 1. The van der Waals surface area contributed by atoms with E-state index >= 15 is 0 Å². The lowest BCUT2D eigenvalue weighted by molar-refractivity contribution is -0.342. The van der Waals surface area contributed by atoms with Crippen molar-refractivity contribution in [2.75, 3.05) is 13.2 Å². The molecule has 41 heavy (non-hydrogen) atoms. The van der Waals surface area contributed by atoms with Gasteiger partial charge in [-0.3, -0.25) is 19.2 Å². The van der Waals surface area contributed by atoms with Gasteiger partial charge in [0.2, 0.25) is 5.91 Å². The summed E-state index contributed by atoms with van der Waals surface area (Å²) in [7, 11) is 0. The number of hydrogen-bond donors (Lipinski definition) is 4. The Labute approximate surface area is 234 Å². The summed E-state index contributed by atoms with van der Waals surface area (Å²) in [6.07, 6.45) is -14.1. The maximum absolute atomic E-state index is 12.1. The molecule has 0 radical (unpaired) electrons. The van der Waals surface area contributed by atoms with E-state index in [0.717, 1.165) is 27.7 Å². The van der Waals surface area contributed by atoms with Crippen LogP contribution in [0.5, 0.6) is 0 Å². The van der Waals surface area contributed by atoms with Gasteiger partial charge in [0.25, 0.3) is 0 Å². The maximum Gasteiger partial charge on any atom is 0.337 e. The summed E-state index contributed by atoms with van der Waals surface area (Å²) in [5.41, 5.74) is 0. The van der Waals surface area contributed by atoms with Crippen LogP contribution in [0.2, 0.25) is 0 Å². The number of carboxylic acids is 1. The molecule has 2 aliphatic heterocycles. The van der Waals surface area contributed by atoms with E-state index in [1.807, 2.05) is 0 Å². The Morgan fingerprint density at radius 3 is 1.95 bits per heavy atom. The zero-order valence-electron chi connectivity index (χ0n) is 22.8. The third kappa shape index (κ3) is 9.40. The smallest absolute Gasteiger partial charge is 0.337 e. The molecule has 232 valence electrons. The number of carboxylic acid groups (broad SMARTS) is 1. The minimum Gasteiger partial charge on any atom is -0.479 e. The standard InChI is InChI=1S/C24H35NO16/c1-10(28)25-15-17(16(32)14(9-27)39-23(15)35-8-6-5-7-26)40-24-21(38-13(4)31)19(37-12(3)30)18(36-11(2)29)20(41-24)22(33)34/h7,14-21,23-24,27,32H,5-6,8-9H2,1-4H3,(H,25,28)(H,33,34)/t14-,15-,16-,17-,18+,19+,20+,21-,23+,24-/m1/s1. The Kier molecular flexibility index (Phi) is 13.0. The van der Waals surface area contributed by atoms with Crippen molar-refractivity contribution in [1.82, 2.24) is 5.32 Å². The van der Waals surface area contributed by atoms with E-state index in [2.05, 4.69) is 5.32 Å². The molecule has 10 atom stereocenters. The van der Waals surface area contributed by atoms with Crippen LogP contribution in [0.3, 0.4) is 0 Å². The molecule has 2 saturated heterocycles. The molecule has 0 spiro atoms. The normalized spacial score (nSPS) is 33.2. The van der Waals surface area contributed by atoms with Gasteiger partial charge in [-0.25, -0.2) is 4.79 Å². The van der Waals surface area contributed by atoms with E-state index in [0.29, 0.717) is 6.29 Å². The highest BCUT2D eigenvalue weighted by Gasteiger charge is 2.57. The molecular formula is C24H35NO16. The first kappa shape index (κ1) is 34.0. The van der Waals surface area contributed by atoms with Gasteiger partial charge in [0.1, 0.15) is 30.6 Å². The van der Waals surface area contributed by atoms with Gasteiger partial charge in [-0.05, 0) is 6.42 Å². The zero-order valence-corrected chi connectivity index (χ0v) is 22.8. The second-order valence-corrected chi connectivity index (χ2v) is 9.21. The maximum atomic E-state index is 12.1. The number of aldehydes is 1. The quantitative estimate of drug-likeness (QED) is 0.0750. The second kappa shape index (κ2) is 15.7. The van der Waals surface area contributed by atoms with Gasteiger partial charge in [-0.2, -0.15) is 0 Å². The van der Waals surface area contributed by atoms with Gasteiger partial charge in [0.15, 0.2) is 37.0 Å². The lowest BCUT2D eigenvalue weighted by atomic mass is 9.95. The van der Waals surface area contributed by atoms with E-state index in [1.54, 1.807) is 0 Å². The number of ether oxygens (including phenoxy) is 7. The van der Waals surface area contributed by atoms with Gasteiger partial charge in [0, 0.05) is 34.1 Å². The predicted octanol–water partition coefficient (Wildman–Crippen LogP) is -2.45. The zero-order chi connectivity index (χ0) is 30.9. The molecule has 0 aromatic rings. The molecule has 17 nitrogen and oxygen atoms in total. The third-order valence-electron chi connectivity index (χ3n) is 5.91. The molecule has 0 aliphatic carbocycles. The van der Waals surface area contributed by atoms with Gasteiger partial charge in [-0.15, -0.1) is 0 Å². The highest BCUT2D eigenvalue weighted by molar-refractivity contribution is 5.75. The molecule has 0 aromatic carbocycles. The topological polar surface area (TPSA) is 240 Å². The lowest BCUT2D eigenvalue weighted by Gasteiger charge is -2.48. The van der Waals surface area contributed by atoms with E-state index in [9.17, 15) is 44.1 Å². The molecular weight excluding hydrogens is 558 g/mol. The van der Waals surface area contributed by atoms with Crippen LogP contribution in [0.4, 0.5) is 0 Å². The van der Waals surface area contributed by atoms with Gasteiger partial charge in [0.05, 0.1) is 13.2 Å². The summed E-state index contributed by atoms with van der Waals surface area (Å²) in [4.78, 5) is 70.6. The predicted molar refractivity (Wildman–Crippen MR) is 128 cm³/mol. The van der Waals surface area contributed by atoms with Gasteiger partial charge < -0.3 is 58.6 Å². The molecule has 0 bridgehead atoms. The fraction of sp³-hybridized carbons (Fsp3) is 0.750. The molecule has 0 saturated carbocycles. The van der Waals surface area contributed by atoms with Crippen molar-refractivity contribution < 1.29 is 77.2 Å². The number of aliphatic carboxylic acids is 1. The van der Waals surface area contributed by atoms with Crippen LogP contribution >= 0.6 is 0 Å². The number of nitrogens with one attached hydrogen (secondary N) is 1. The summed E-state index contributed by atoms with van der Waals surface area (Å²) in [6, 6.07) is -1.32. The van der Waals surface area contributed by atoms with E-state index in [-0.39, 0.29) is 19.4 Å². The molecule has 17 heteroatoms. The van der Waals surface area contributed by atoms with Gasteiger partial charge >= 0.3 is 23.9 Å². The Hall–Kier alpha value is -3.22. The Morgan fingerprint density at radius 2 is 1.44 bits per heavy atom. The Bertz CT molecular complexity index is 958. The van der Waals surface area contributed by atoms with Crippen LogP contribution in [0.25, 0.3) is 0 Å². The van der Waals surface area contributed by atoms with Crippen LogP contribution < -0.4 is 5.32 Å². The summed E-state index contributed by atoms with van der Waals surface area (Å²) in [6.45, 7) is 3.29. The van der Waals surface area contributed by atoms with Crippen molar-refractivity contribution >= 4 is 36.1 Å². The largest absolute Gasteiger partial charge is 0.479 e. The molecule has 2 heterocycles. The molecule has 0 aromatic heterocycles. The van der Waals surface area contributed by atoms with Crippen molar-refractivity contribution in [2.45, 2.75) is 102 Å². The molecule has 2 rings (SSSR count). The fourth-order valence-electron chi connectivity index (χ4n) is 4.36. The Balaban J connectivity index is 2.54. The molecule has 2 fully saturated rings. The van der Waals surface area contributed by atoms with E-state index < -0.39 is 97.7 Å². The molecule has 2 aliphatic rings. The van der Waals surface area contributed by atoms with Crippen molar-refractivity contribution in [3.05, 3.63) is 0 Å².